The third-order valence-corrected chi connectivity index (χ3v) is 6.00. The highest BCUT2D eigenvalue weighted by Gasteiger charge is 2.35. The van der Waals surface area contributed by atoms with Crippen LogP contribution in [0.4, 0.5) is 22.0 Å². The summed E-state index contributed by atoms with van der Waals surface area (Å²) in [7, 11) is 2.76. The molecule has 0 aliphatic carbocycles. The smallest absolute Gasteiger partial charge is 0.421 e. The number of methoxy groups -OCH3 is 2. The average molecular weight is 578 g/mol. The number of benzene rings is 1. The van der Waals surface area contributed by atoms with Crippen molar-refractivity contribution in [2.45, 2.75) is 32.4 Å². The fraction of sp³-hybridized carbons (Fsp3) is 0.259. The maximum atomic E-state index is 14.4. The SMILES string of the molecule is COCc1nn(Cc2ccc(Cn3cc(F)cc(C(F)(F)F)c3=O)cc2)cc1C(=O)NCc1nccc(OC)c1F. The quantitative estimate of drug-likeness (QED) is 0.287. The zero-order valence-electron chi connectivity index (χ0n) is 21.8. The number of nitrogens with zero attached hydrogens (tertiary/aromatic N) is 4. The molecule has 0 unspecified atom stereocenters. The number of carbonyl (C=O) groups is 1. The molecule has 0 radical (unpaired) electrons. The molecule has 0 spiro atoms. The van der Waals surface area contributed by atoms with Crippen molar-refractivity contribution in [1.82, 2.24) is 24.6 Å². The molecule has 3 heterocycles. The van der Waals surface area contributed by atoms with Gasteiger partial charge in [0.05, 0.1) is 44.6 Å². The van der Waals surface area contributed by atoms with Gasteiger partial charge in [-0.25, -0.2) is 8.78 Å². The first kappa shape index (κ1) is 29.4. The van der Waals surface area contributed by atoms with Crippen LogP contribution < -0.4 is 15.6 Å². The van der Waals surface area contributed by atoms with E-state index < -0.39 is 34.8 Å². The zero-order valence-corrected chi connectivity index (χ0v) is 21.8. The fourth-order valence-electron chi connectivity index (χ4n) is 4.04. The van der Waals surface area contributed by atoms with Gasteiger partial charge < -0.3 is 19.4 Å². The number of nitrogens with one attached hydrogen (secondary N) is 1. The predicted octanol–water partition coefficient (Wildman–Crippen LogP) is 3.92. The zero-order chi connectivity index (χ0) is 29.7. The van der Waals surface area contributed by atoms with Crippen molar-refractivity contribution >= 4 is 5.91 Å². The highest BCUT2D eigenvalue weighted by molar-refractivity contribution is 5.95. The summed E-state index contributed by atoms with van der Waals surface area (Å²) in [5, 5.41) is 6.99. The number of rotatable bonds is 10. The number of hydrogen-bond acceptors (Lipinski definition) is 6. The Morgan fingerprint density at radius 3 is 2.32 bits per heavy atom. The molecule has 4 aromatic rings. The Labute approximate surface area is 230 Å². The molecule has 1 amide bonds. The Balaban J connectivity index is 1.47. The molecule has 1 aromatic carbocycles. The summed E-state index contributed by atoms with van der Waals surface area (Å²) in [6.07, 6.45) is -1.40. The predicted molar refractivity (Wildman–Crippen MR) is 135 cm³/mol. The van der Waals surface area contributed by atoms with Gasteiger partial charge >= 0.3 is 6.18 Å². The van der Waals surface area contributed by atoms with E-state index in [1.807, 2.05) is 0 Å². The first-order chi connectivity index (χ1) is 19.5. The van der Waals surface area contributed by atoms with Gasteiger partial charge in [-0.1, -0.05) is 24.3 Å². The largest absolute Gasteiger partial charge is 0.494 e. The number of ether oxygens (including phenoxy) is 2. The van der Waals surface area contributed by atoms with Gasteiger partial charge in [0.2, 0.25) is 0 Å². The summed E-state index contributed by atoms with van der Waals surface area (Å²) in [6, 6.07) is 8.04. The monoisotopic (exact) mass is 577 g/mol. The summed E-state index contributed by atoms with van der Waals surface area (Å²) in [5.41, 5.74) is -1.20. The van der Waals surface area contributed by atoms with Gasteiger partial charge in [0.1, 0.15) is 17.1 Å². The summed E-state index contributed by atoms with van der Waals surface area (Å²) in [4.78, 5) is 29.0. The molecule has 0 saturated heterocycles. The number of halogens is 5. The first-order valence-electron chi connectivity index (χ1n) is 12.1. The topological polar surface area (TPSA) is 100 Å². The highest BCUT2D eigenvalue weighted by Crippen LogP contribution is 2.27. The van der Waals surface area contributed by atoms with Crippen LogP contribution in [0.1, 0.15) is 38.4 Å². The van der Waals surface area contributed by atoms with Crippen molar-refractivity contribution in [1.29, 1.82) is 0 Å². The van der Waals surface area contributed by atoms with Crippen LogP contribution in [0, 0.1) is 11.6 Å². The van der Waals surface area contributed by atoms with Crippen LogP contribution in [0.5, 0.6) is 5.75 Å². The number of alkyl halides is 3. The number of aromatic nitrogens is 4. The second-order valence-electron chi connectivity index (χ2n) is 8.90. The van der Waals surface area contributed by atoms with Gasteiger partial charge in [0.25, 0.3) is 11.5 Å². The van der Waals surface area contributed by atoms with Gasteiger partial charge in [-0.15, -0.1) is 0 Å². The van der Waals surface area contributed by atoms with E-state index in [4.69, 9.17) is 9.47 Å². The molecule has 0 fully saturated rings. The Morgan fingerprint density at radius 1 is 1.00 bits per heavy atom. The molecule has 0 bridgehead atoms. The average Bonchev–Trinajstić information content (AvgIpc) is 3.32. The van der Waals surface area contributed by atoms with E-state index in [1.165, 1.54) is 37.4 Å². The van der Waals surface area contributed by atoms with E-state index in [9.17, 15) is 31.5 Å². The van der Waals surface area contributed by atoms with Crippen molar-refractivity contribution in [2.75, 3.05) is 14.2 Å². The molecule has 1 N–H and O–H groups in total. The maximum Gasteiger partial charge on any atom is 0.421 e. The van der Waals surface area contributed by atoms with Crippen LogP contribution in [-0.2, 0) is 37.2 Å². The molecule has 4 rings (SSSR count). The molecule has 216 valence electrons. The molecule has 0 aliphatic rings. The van der Waals surface area contributed by atoms with Crippen molar-refractivity contribution in [3.05, 3.63) is 111 Å². The summed E-state index contributed by atoms with van der Waals surface area (Å²) < 4.78 is 79.5. The van der Waals surface area contributed by atoms with E-state index >= 15 is 0 Å². The summed E-state index contributed by atoms with van der Waals surface area (Å²) in [5.74, 6) is -2.39. The fourth-order valence-corrected chi connectivity index (χ4v) is 4.04. The van der Waals surface area contributed by atoms with Gasteiger partial charge in [0, 0.05) is 31.8 Å². The van der Waals surface area contributed by atoms with Crippen LogP contribution in [0.25, 0.3) is 0 Å². The molecule has 0 atom stereocenters. The number of pyridine rings is 2. The van der Waals surface area contributed by atoms with E-state index in [1.54, 1.807) is 24.3 Å². The summed E-state index contributed by atoms with van der Waals surface area (Å²) >= 11 is 0. The van der Waals surface area contributed by atoms with Crippen LogP contribution >= 0.6 is 0 Å². The lowest BCUT2D eigenvalue weighted by atomic mass is 10.1. The van der Waals surface area contributed by atoms with E-state index in [0.717, 1.165) is 11.8 Å². The van der Waals surface area contributed by atoms with Gasteiger partial charge in [-0.05, 0) is 17.2 Å². The van der Waals surface area contributed by atoms with E-state index in [-0.39, 0.29) is 49.3 Å². The van der Waals surface area contributed by atoms with Gasteiger partial charge in [0.15, 0.2) is 11.6 Å². The number of carbonyl (C=O) groups excluding carboxylic acids is 1. The molecule has 41 heavy (non-hydrogen) atoms. The third kappa shape index (κ3) is 6.95. The minimum Gasteiger partial charge on any atom is -0.494 e. The normalized spacial score (nSPS) is 11.5. The second kappa shape index (κ2) is 12.3. The molecule has 3 aromatic heterocycles. The Hall–Kier alpha value is -4.59. The number of amides is 1. The molecular weight excluding hydrogens is 553 g/mol. The maximum absolute atomic E-state index is 14.4. The third-order valence-electron chi connectivity index (χ3n) is 6.00. The van der Waals surface area contributed by atoms with Crippen LogP contribution in [0.3, 0.4) is 0 Å². The lowest BCUT2D eigenvalue weighted by Crippen LogP contribution is -2.29. The lowest BCUT2D eigenvalue weighted by molar-refractivity contribution is -0.139. The molecular formula is C27H24F5N5O4. The molecule has 14 heteroatoms. The Morgan fingerprint density at radius 2 is 1.68 bits per heavy atom. The first-order valence-corrected chi connectivity index (χ1v) is 12.1. The molecule has 9 nitrogen and oxygen atoms in total. The Kier molecular flexibility index (Phi) is 8.81. The van der Waals surface area contributed by atoms with Crippen molar-refractivity contribution < 1.29 is 36.2 Å². The van der Waals surface area contributed by atoms with E-state index in [0.29, 0.717) is 15.8 Å². The van der Waals surface area contributed by atoms with Crippen LogP contribution in [0.15, 0.2) is 59.8 Å². The highest BCUT2D eigenvalue weighted by atomic mass is 19.4. The van der Waals surface area contributed by atoms with Crippen molar-refractivity contribution in [3.8, 4) is 5.75 Å². The molecule has 0 aliphatic heterocycles. The minimum absolute atomic E-state index is 0.00258. The minimum atomic E-state index is -4.98. The lowest BCUT2D eigenvalue weighted by Gasteiger charge is -2.11. The van der Waals surface area contributed by atoms with Crippen LogP contribution in [0.2, 0.25) is 0 Å². The number of hydrogen-bond donors (Lipinski definition) is 1. The van der Waals surface area contributed by atoms with Gasteiger partial charge in [-0.3, -0.25) is 19.3 Å². The van der Waals surface area contributed by atoms with Crippen molar-refractivity contribution in [2.24, 2.45) is 0 Å². The van der Waals surface area contributed by atoms with E-state index in [2.05, 4.69) is 15.4 Å². The summed E-state index contributed by atoms with van der Waals surface area (Å²) in [6.45, 7) is -0.218. The Bertz CT molecular complexity index is 1600. The van der Waals surface area contributed by atoms with Gasteiger partial charge in [-0.2, -0.15) is 18.3 Å². The molecule has 0 saturated carbocycles. The second-order valence-corrected chi connectivity index (χ2v) is 8.90. The standard InChI is InChI=1S/C27H24F5N5O4/c1-40-15-22-19(25(38)34-10-21-24(29)23(41-2)7-8-33-21)14-37(35-22)12-17-5-3-16(4-6-17)11-36-13-18(28)9-20(26(36)39)27(30,31)32/h3-9,13-14H,10-12,15H2,1-2H3,(H,34,38). The van der Waals surface area contributed by atoms with Crippen molar-refractivity contribution in [3.63, 3.8) is 0 Å². The van der Waals surface area contributed by atoms with Crippen LogP contribution in [-0.4, -0.2) is 39.5 Å².